The van der Waals surface area contributed by atoms with Gasteiger partial charge in [0.25, 0.3) is 0 Å². The number of fused-ring (bicyclic) bond motifs is 1. The zero-order valence-electron chi connectivity index (χ0n) is 18.6. The van der Waals surface area contributed by atoms with Crippen LogP contribution in [0.2, 0.25) is 19.6 Å². The van der Waals surface area contributed by atoms with E-state index in [4.69, 9.17) is 9.47 Å². The Bertz CT molecular complexity index is 913. The van der Waals surface area contributed by atoms with Crippen LogP contribution in [0.1, 0.15) is 52.7 Å². The average Bonchev–Trinajstić information content (AvgIpc) is 2.92. The Labute approximate surface area is 169 Å². The maximum Gasteiger partial charge on any atom is 0.418 e. The summed E-state index contributed by atoms with van der Waals surface area (Å²) in [5.74, 6) is 0.218. The molecule has 1 aromatic carbocycles. The number of hydrogen-bond acceptors (Lipinski definition) is 4. The molecule has 2 aromatic rings. The van der Waals surface area contributed by atoms with E-state index in [1.54, 1.807) is 4.57 Å². The second kappa shape index (κ2) is 7.74. The lowest BCUT2D eigenvalue weighted by molar-refractivity contribution is -0.131. The average molecular weight is 404 g/mol. The second-order valence-electron chi connectivity index (χ2n) is 9.17. The van der Waals surface area contributed by atoms with Crippen molar-refractivity contribution in [2.24, 2.45) is 0 Å². The molecule has 0 bridgehead atoms. The van der Waals surface area contributed by atoms with Crippen molar-refractivity contribution >= 4 is 36.4 Å². The van der Waals surface area contributed by atoms with E-state index < -0.39 is 13.7 Å². The van der Waals surface area contributed by atoms with Crippen molar-refractivity contribution in [2.75, 3.05) is 0 Å². The first-order chi connectivity index (χ1) is 12.8. The highest BCUT2D eigenvalue weighted by atomic mass is 28.3. The lowest BCUT2D eigenvalue weighted by atomic mass is 9.99. The van der Waals surface area contributed by atoms with Gasteiger partial charge in [0.05, 0.1) is 13.6 Å². The number of rotatable bonds is 4. The molecule has 0 unspecified atom stereocenters. The Morgan fingerprint density at radius 1 is 1.07 bits per heavy atom. The van der Waals surface area contributed by atoms with Crippen molar-refractivity contribution in [3.63, 3.8) is 0 Å². The molecule has 154 valence electrons. The number of nitrogens with zero attached hydrogens (tertiary/aromatic N) is 1. The summed E-state index contributed by atoms with van der Waals surface area (Å²) in [5.41, 5.74) is 2.25. The van der Waals surface area contributed by atoms with Crippen molar-refractivity contribution in [3.8, 4) is 5.75 Å². The molecule has 0 N–H and O–H groups in total. The van der Waals surface area contributed by atoms with Crippen LogP contribution in [0.4, 0.5) is 4.79 Å². The number of esters is 1. The van der Waals surface area contributed by atoms with Gasteiger partial charge in [-0.2, -0.15) is 0 Å². The van der Waals surface area contributed by atoms with Crippen LogP contribution in [0.5, 0.6) is 5.75 Å². The van der Waals surface area contributed by atoms with Gasteiger partial charge in [0.2, 0.25) is 0 Å². The van der Waals surface area contributed by atoms with Crippen molar-refractivity contribution in [1.29, 1.82) is 0 Å². The van der Waals surface area contributed by atoms with E-state index in [0.29, 0.717) is 5.75 Å². The molecule has 1 aromatic heterocycles. The van der Waals surface area contributed by atoms with Crippen LogP contribution in [0.3, 0.4) is 0 Å². The maximum atomic E-state index is 13.1. The molecule has 2 rings (SSSR count). The molecule has 0 amide bonds. The Hall–Kier alpha value is -2.08. The summed E-state index contributed by atoms with van der Waals surface area (Å²) in [4.78, 5) is 25.0. The highest BCUT2D eigenvalue weighted by Gasteiger charge is 2.31. The SMILES string of the molecule is CCc1cc2c(cc([Si](C)(C)C)n2C(=O)OC(C)(C)C)c(OC(C)=O)c1CC. The summed E-state index contributed by atoms with van der Waals surface area (Å²) in [5, 5.41) is 1.76. The Morgan fingerprint density at radius 2 is 1.68 bits per heavy atom. The molecule has 0 spiro atoms. The lowest BCUT2D eigenvalue weighted by Gasteiger charge is -2.24. The molecule has 0 saturated heterocycles. The Morgan fingerprint density at radius 3 is 2.11 bits per heavy atom. The van der Waals surface area contributed by atoms with Gasteiger partial charge in [-0.25, -0.2) is 4.79 Å². The molecule has 28 heavy (non-hydrogen) atoms. The number of ether oxygens (including phenoxy) is 2. The molecule has 1 heterocycles. The minimum Gasteiger partial charge on any atom is -0.443 e. The van der Waals surface area contributed by atoms with Gasteiger partial charge in [-0.1, -0.05) is 33.5 Å². The van der Waals surface area contributed by atoms with E-state index in [-0.39, 0.29) is 12.1 Å². The molecule has 0 aliphatic heterocycles. The Balaban J connectivity index is 2.94. The first-order valence-corrected chi connectivity index (χ1v) is 13.4. The van der Waals surface area contributed by atoms with E-state index in [9.17, 15) is 9.59 Å². The van der Waals surface area contributed by atoms with E-state index >= 15 is 0 Å². The fourth-order valence-corrected chi connectivity index (χ4v) is 4.89. The van der Waals surface area contributed by atoms with E-state index in [2.05, 4.69) is 39.6 Å². The van der Waals surface area contributed by atoms with Gasteiger partial charge in [-0.3, -0.25) is 9.36 Å². The smallest absolute Gasteiger partial charge is 0.418 e. The van der Waals surface area contributed by atoms with Crippen LogP contribution in [-0.4, -0.2) is 30.3 Å². The molecule has 6 heteroatoms. The van der Waals surface area contributed by atoms with Crippen LogP contribution >= 0.6 is 0 Å². The summed E-state index contributed by atoms with van der Waals surface area (Å²) in [6, 6.07) is 4.07. The molecular formula is C22H33NO4Si. The largest absolute Gasteiger partial charge is 0.443 e. The summed E-state index contributed by atoms with van der Waals surface area (Å²) >= 11 is 0. The van der Waals surface area contributed by atoms with Crippen LogP contribution in [0, 0.1) is 0 Å². The maximum absolute atomic E-state index is 13.1. The highest BCUT2D eigenvalue weighted by molar-refractivity contribution is 6.88. The summed E-state index contributed by atoms with van der Waals surface area (Å²) < 4.78 is 13.1. The summed E-state index contributed by atoms with van der Waals surface area (Å²) in [6.07, 6.45) is 1.15. The number of aromatic nitrogens is 1. The van der Waals surface area contributed by atoms with Crippen LogP contribution in [0.15, 0.2) is 12.1 Å². The molecule has 0 saturated carbocycles. The zero-order valence-corrected chi connectivity index (χ0v) is 19.6. The fourth-order valence-electron chi connectivity index (χ4n) is 3.43. The molecular weight excluding hydrogens is 370 g/mol. The van der Waals surface area contributed by atoms with Crippen LogP contribution in [-0.2, 0) is 22.4 Å². The van der Waals surface area contributed by atoms with E-state index in [1.165, 1.54) is 6.92 Å². The monoisotopic (exact) mass is 403 g/mol. The highest BCUT2D eigenvalue weighted by Crippen LogP contribution is 2.35. The quantitative estimate of drug-likeness (QED) is 0.409. The van der Waals surface area contributed by atoms with Crippen LogP contribution < -0.4 is 10.1 Å². The van der Waals surface area contributed by atoms with Crippen molar-refractivity contribution in [2.45, 2.75) is 79.6 Å². The predicted octanol–water partition coefficient (Wildman–Crippen LogP) is 5.02. The third-order valence-electron chi connectivity index (χ3n) is 4.58. The van der Waals surface area contributed by atoms with Crippen LogP contribution in [0.25, 0.3) is 10.9 Å². The second-order valence-corrected chi connectivity index (χ2v) is 14.2. The van der Waals surface area contributed by atoms with Crippen molar-refractivity contribution in [3.05, 3.63) is 23.3 Å². The van der Waals surface area contributed by atoms with Gasteiger partial charge in [0.1, 0.15) is 11.4 Å². The third-order valence-corrected chi connectivity index (χ3v) is 6.49. The van der Waals surface area contributed by atoms with Gasteiger partial charge < -0.3 is 9.47 Å². The zero-order chi connectivity index (χ0) is 21.4. The summed E-state index contributed by atoms with van der Waals surface area (Å²) in [6.45, 7) is 17.7. The molecule has 5 nitrogen and oxygen atoms in total. The molecule has 0 aliphatic carbocycles. The van der Waals surface area contributed by atoms with Gasteiger partial charge in [-0.05, 0) is 56.9 Å². The lowest BCUT2D eigenvalue weighted by Crippen LogP contribution is -2.45. The topological polar surface area (TPSA) is 57.5 Å². The number of benzene rings is 1. The number of hydrogen-bond donors (Lipinski definition) is 0. The summed E-state index contributed by atoms with van der Waals surface area (Å²) in [7, 11) is -1.90. The molecule has 0 fully saturated rings. The van der Waals surface area contributed by atoms with Gasteiger partial charge in [0.15, 0.2) is 0 Å². The molecule has 0 aliphatic rings. The Kier molecular flexibility index (Phi) is 6.14. The van der Waals surface area contributed by atoms with Gasteiger partial charge in [-0.15, -0.1) is 0 Å². The third kappa shape index (κ3) is 4.49. The standard InChI is InChI=1S/C22H33NO4Si/c1-10-15-12-18-17(20(16(15)11-2)26-14(3)24)13-19(28(7,8)9)23(18)21(25)27-22(4,5)6/h12-13H,10-11H2,1-9H3. The molecule has 0 radical (unpaired) electrons. The van der Waals surface area contributed by atoms with Gasteiger partial charge >= 0.3 is 12.1 Å². The normalized spacial score (nSPS) is 12.3. The van der Waals surface area contributed by atoms with E-state index in [0.717, 1.165) is 40.2 Å². The van der Waals surface area contributed by atoms with Gasteiger partial charge in [0, 0.05) is 17.6 Å². The minimum atomic E-state index is -1.90. The number of carbonyl (C=O) groups excluding carboxylic acids is 2. The number of aryl methyl sites for hydroxylation is 1. The van der Waals surface area contributed by atoms with Crippen molar-refractivity contribution in [1.82, 2.24) is 4.57 Å². The fraction of sp³-hybridized carbons (Fsp3) is 0.545. The minimum absolute atomic E-state index is 0.358. The first-order valence-electron chi connectivity index (χ1n) is 9.92. The molecule has 0 atom stereocenters. The van der Waals surface area contributed by atoms with E-state index in [1.807, 2.05) is 26.8 Å². The number of carbonyl (C=O) groups is 2. The first kappa shape index (κ1) is 22.2. The van der Waals surface area contributed by atoms with Crippen molar-refractivity contribution < 1.29 is 19.1 Å². The predicted molar refractivity (Wildman–Crippen MR) is 117 cm³/mol.